The zero-order valence-corrected chi connectivity index (χ0v) is 8.17. The third-order valence-electron chi connectivity index (χ3n) is 1.53. The van der Waals surface area contributed by atoms with Crippen LogP contribution >= 0.6 is 11.6 Å². The zero-order valence-electron chi connectivity index (χ0n) is 7.42. The van der Waals surface area contributed by atoms with Crippen LogP contribution in [0, 0.1) is 0 Å². The average molecular weight is 185 g/mol. The van der Waals surface area contributed by atoms with Gasteiger partial charge in [-0.15, -0.1) is 11.6 Å². The van der Waals surface area contributed by atoms with Crippen molar-refractivity contribution < 1.29 is 0 Å². The Morgan fingerprint density at radius 2 is 2.42 bits per heavy atom. The number of hydrogen-bond donors (Lipinski definition) is 0. The van der Waals surface area contributed by atoms with E-state index in [0.717, 1.165) is 12.1 Å². The Morgan fingerprint density at radius 1 is 1.67 bits per heavy atom. The number of hydrogen-bond acceptors (Lipinski definition) is 1. The molecule has 0 aliphatic heterocycles. The van der Waals surface area contributed by atoms with Crippen molar-refractivity contribution in [3.63, 3.8) is 0 Å². The van der Waals surface area contributed by atoms with E-state index in [1.807, 2.05) is 10.9 Å². The molecule has 0 spiro atoms. The van der Waals surface area contributed by atoms with Gasteiger partial charge < -0.3 is 0 Å². The molecule has 0 radical (unpaired) electrons. The van der Waals surface area contributed by atoms with E-state index in [0.29, 0.717) is 5.88 Å². The lowest BCUT2D eigenvalue weighted by Crippen LogP contribution is -1.94. The second-order valence-electron chi connectivity index (χ2n) is 2.99. The lowest BCUT2D eigenvalue weighted by molar-refractivity contribution is 0.698. The summed E-state index contributed by atoms with van der Waals surface area (Å²) in [4.78, 5) is 0. The fraction of sp³-hybridized carbons (Fsp3) is 0.444. The average Bonchev–Trinajstić information content (AvgIpc) is 2.48. The zero-order chi connectivity index (χ0) is 8.97. The number of aromatic nitrogens is 2. The van der Waals surface area contributed by atoms with Gasteiger partial charge in [-0.2, -0.15) is 5.10 Å². The van der Waals surface area contributed by atoms with Gasteiger partial charge in [0.05, 0.1) is 18.6 Å². The molecule has 12 heavy (non-hydrogen) atoms. The summed E-state index contributed by atoms with van der Waals surface area (Å²) in [7, 11) is 0. The van der Waals surface area contributed by atoms with Gasteiger partial charge in [0.25, 0.3) is 0 Å². The van der Waals surface area contributed by atoms with Crippen LogP contribution in [0.2, 0.25) is 0 Å². The highest BCUT2D eigenvalue weighted by Crippen LogP contribution is 2.01. The highest BCUT2D eigenvalue weighted by Gasteiger charge is 1.93. The standard InChI is InChI=1S/C9H13ClN2/c1-8(2)3-4-12-7-9(5-10)6-11-12/h3,6-7H,4-5H2,1-2H3. The molecule has 1 heterocycles. The van der Waals surface area contributed by atoms with Gasteiger partial charge >= 0.3 is 0 Å². The van der Waals surface area contributed by atoms with Crippen LogP contribution < -0.4 is 0 Å². The smallest absolute Gasteiger partial charge is 0.0592 e. The van der Waals surface area contributed by atoms with Gasteiger partial charge in [0.2, 0.25) is 0 Å². The summed E-state index contributed by atoms with van der Waals surface area (Å²) in [5.41, 5.74) is 2.37. The molecule has 0 bridgehead atoms. The minimum absolute atomic E-state index is 0.537. The molecule has 0 aliphatic rings. The molecule has 1 aromatic rings. The lowest BCUT2D eigenvalue weighted by Gasteiger charge is -1.94. The Morgan fingerprint density at radius 3 is 2.92 bits per heavy atom. The van der Waals surface area contributed by atoms with E-state index >= 15 is 0 Å². The van der Waals surface area contributed by atoms with Crippen LogP contribution in [0.4, 0.5) is 0 Å². The van der Waals surface area contributed by atoms with E-state index in [4.69, 9.17) is 11.6 Å². The van der Waals surface area contributed by atoms with Crippen molar-refractivity contribution in [3.05, 3.63) is 29.6 Å². The van der Waals surface area contributed by atoms with E-state index in [-0.39, 0.29) is 0 Å². The summed E-state index contributed by atoms with van der Waals surface area (Å²) in [5, 5.41) is 4.15. The molecule has 0 saturated carbocycles. The van der Waals surface area contributed by atoms with Crippen LogP contribution in [0.3, 0.4) is 0 Å². The minimum atomic E-state index is 0.537. The van der Waals surface area contributed by atoms with Crippen LogP contribution in [0.25, 0.3) is 0 Å². The minimum Gasteiger partial charge on any atom is -0.269 e. The van der Waals surface area contributed by atoms with Crippen molar-refractivity contribution in [1.82, 2.24) is 9.78 Å². The molecule has 0 saturated heterocycles. The van der Waals surface area contributed by atoms with Crippen molar-refractivity contribution in [2.45, 2.75) is 26.3 Å². The lowest BCUT2D eigenvalue weighted by atomic mass is 10.3. The molecule has 1 rings (SSSR count). The fourth-order valence-corrected chi connectivity index (χ4v) is 0.989. The molecule has 3 heteroatoms. The Labute approximate surface area is 77.8 Å². The number of allylic oxidation sites excluding steroid dienone is 2. The molecule has 1 aromatic heterocycles. The summed E-state index contributed by atoms with van der Waals surface area (Å²) >= 11 is 5.63. The fourth-order valence-electron chi connectivity index (χ4n) is 0.851. The Bertz CT molecular complexity index is 272. The Hall–Kier alpha value is -0.760. The van der Waals surface area contributed by atoms with Crippen molar-refractivity contribution in [2.75, 3.05) is 0 Å². The summed E-state index contributed by atoms with van der Waals surface area (Å²) in [6.07, 6.45) is 5.89. The molecule has 0 aromatic carbocycles. The number of rotatable bonds is 3. The first-order valence-corrected chi connectivity index (χ1v) is 4.46. The van der Waals surface area contributed by atoms with Gasteiger partial charge in [0, 0.05) is 11.8 Å². The Kier molecular flexibility index (Phi) is 3.35. The van der Waals surface area contributed by atoms with E-state index in [1.165, 1.54) is 5.57 Å². The maximum atomic E-state index is 5.63. The van der Waals surface area contributed by atoms with E-state index in [1.54, 1.807) is 6.20 Å². The number of alkyl halides is 1. The van der Waals surface area contributed by atoms with Gasteiger partial charge in [-0.05, 0) is 13.8 Å². The van der Waals surface area contributed by atoms with Gasteiger partial charge in [-0.25, -0.2) is 0 Å². The van der Waals surface area contributed by atoms with Crippen LogP contribution in [-0.4, -0.2) is 9.78 Å². The summed E-state index contributed by atoms with van der Waals surface area (Å²) in [6, 6.07) is 0. The van der Waals surface area contributed by atoms with Crippen LogP contribution in [0.5, 0.6) is 0 Å². The molecule has 0 fully saturated rings. The third kappa shape index (κ3) is 2.70. The molecular formula is C9H13ClN2. The second-order valence-corrected chi connectivity index (χ2v) is 3.25. The number of halogens is 1. The van der Waals surface area contributed by atoms with E-state index < -0.39 is 0 Å². The molecular weight excluding hydrogens is 172 g/mol. The molecule has 0 aliphatic carbocycles. The topological polar surface area (TPSA) is 17.8 Å². The van der Waals surface area contributed by atoms with Crippen LogP contribution in [0.1, 0.15) is 19.4 Å². The number of nitrogens with zero attached hydrogens (tertiary/aromatic N) is 2. The molecule has 0 atom stereocenters. The monoisotopic (exact) mass is 184 g/mol. The quantitative estimate of drug-likeness (QED) is 0.522. The normalized spacial score (nSPS) is 9.92. The summed E-state index contributed by atoms with van der Waals surface area (Å²) < 4.78 is 1.88. The van der Waals surface area contributed by atoms with Gasteiger partial charge in [0.1, 0.15) is 0 Å². The van der Waals surface area contributed by atoms with Crippen molar-refractivity contribution >= 4 is 11.6 Å². The molecule has 0 N–H and O–H groups in total. The van der Waals surface area contributed by atoms with Crippen molar-refractivity contribution in [1.29, 1.82) is 0 Å². The highest BCUT2D eigenvalue weighted by atomic mass is 35.5. The van der Waals surface area contributed by atoms with Crippen LogP contribution in [0.15, 0.2) is 24.0 Å². The predicted molar refractivity (Wildman–Crippen MR) is 51.2 cm³/mol. The summed E-state index contributed by atoms with van der Waals surface area (Å²) in [6.45, 7) is 4.98. The highest BCUT2D eigenvalue weighted by molar-refractivity contribution is 6.17. The van der Waals surface area contributed by atoms with Crippen molar-refractivity contribution in [3.8, 4) is 0 Å². The third-order valence-corrected chi connectivity index (χ3v) is 1.84. The molecule has 0 unspecified atom stereocenters. The van der Waals surface area contributed by atoms with E-state index in [2.05, 4.69) is 25.0 Å². The van der Waals surface area contributed by atoms with Gasteiger partial charge in [-0.1, -0.05) is 11.6 Å². The molecule has 0 amide bonds. The first-order chi connectivity index (χ1) is 5.72. The summed E-state index contributed by atoms with van der Waals surface area (Å²) in [5.74, 6) is 0.537. The first-order valence-electron chi connectivity index (χ1n) is 3.93. The predicted octanol–water partition coefficient (Wildman–Crippen LogP) is 2.59. The first kappa shape index (κ1) is 9.33. The maximum absolute atomic E-state index is 5.63. The SMILES string of the molecule is CC(C)=CCn1cc(CCl)cn1. The maximum Gasteiger partial charge on any atom is 0.0592 e. The largest absolute Gasteiger partial charge is 0.269 e. The van der Waals surface area contributed by atoms with Crippen LogP contribution in [-0.2, 0) is 12.4 Å². The van der Waals surface area contributed by atoms with E-state index in [9.17, 15) is 0 Å². The van der Waals surface area contributed by atoms with Gasteiger partial charge in [-0.3, -0.25) is 4.68 Å². The van der Waals surface area contributed by atoms with Crippen molar-refractivity contribution in [2.24, 2.45) is 0 Å². The van der Waals surface area contributed by atoms with Gasteiger partial charge in [0.15, 0.2) is 0 Å². The molecule has 66 valence electrons. The molecule has 2 nitrogen and oxygen atoms in total. The Balaban J connectivity index is 2.58. The second kappa shape index (κ2) is 4.31.